The van der Waals surface area contributed by atoms with Gasteiger partial charge in [-0.15, -0.1) is 0 Å². The van der Waals surface area contributed by atoms with Gasteiger partial charge in [-0.3, -0.25) is 4.79 Å². The molecule has 0 heterocycles. The van der Waals surface area contributed by atoms with Crippen LogP contribution in [-0.4, -0.2) is 17.0 Å². The molecule has 0 aliphatic rings. The lowest BCUT2D eigenvalue weighted by Crippen LogP contribution is -2.21. The molecule has 1 aromatic rings. The first-order valence-corrected chi connectivity index (χ1v) is 9.10. The van der Waals surface area contributed by atoms with E-state index < -0.39 is 5.97 Å². The maximum Gasteiger partial charge on any atom is 0.335 e. The van der Waals surface area contributed by atoms with Gasteiger partial charge in [0.2, 0.25) is 5.91 Å². The average molecular weight is 333 g/mol. The molecular formula is C20H31NO3. The first kappa shape index (κ1) is 20.2. The normalized spacial score (nSPS) is 12.0. The highest BCUT2D eigenvalue weighted by molar-refractivity contribution is 5.95. The fourth-order valence-corrected chi connectivity index (χ4v) is 2.68. The first-order valence-electron chi connectivity index (χ1n) is 9.10. The molecule has 4 heteroatoms. The molecule has 4 nitrogen and oxygen atoms in total. The molecular weight excluding hydrogens is 302 g/mol. The summed E-state index contributed by atoms with van der Waals surface area (Å²) in [6, 6.07) is 4.80. The molecule has 0 saturated carbocycles. The summed E-state index contributed by atoms with van der Waals surface area (Å²) in [7, 11) is 0. The summed E-state index contributed by atoms with van der Waals surface area (Å²) in [6.45, 7) is 6.01. The number of carbonyl (C=O) groups excluding carboxylic acids is 1. The molecule has 1 aromatic carbocycles. The Morgan fingerprint density at radius 3 is 2.33 bits per heavy atom. The Bertz CT molecular complexity index is 540. The molecule has 0 spiro atoms. The van der Waals surface area contributed by atoms with E-state index in [9.17, 15) is 9.59 Å². The van der Waals surface area contributed by atoms with Crippen LogP contribution >= 0.6 is 0 Å². The van der Waals surface area contributed by atoms with Crippen molar-refractivity contribution < 1.29 is 14.7 Å². The van der Waals surface area contributed by atoms with Crippen LogP contribution in [0.5, 0.6) is 0 Å². The Morgan fingerprint density at radius 1 is 1.08 bits per heavy atom. The summed E-state index contributed by atoms with van der Waals surface area (Å²) in [6.07, 6.45) is 9.53. The van der Waals surface area contributed by atoms with Crippen molar-refractivity contribution in [1.29, 1.82) is 0 Å². The second kappa shape index (κ2) is 10.8. The van der Waals surface area contributed by atoms with Crippen molar-refractivity contribution in [3.05, 3.63) is 29.3 Å². The molecule has 0 fully saturated rings. The van der Waals surface area contributed by atoms with E-state index >= 15 is 0 Å². The first-order chi connectivity index (χ1) is 11.5. The number of amides is 1. The van der Waals surface area contributed by atoms with Crippen LogP contribution in [0.3, 0.4) is 0 Å². The number of unbranched alkanes of at least 4 members (excludes halogenated alkanes) is 6. The standard InChI is InChI=1S/C20H31NO3/c1-4-5-6-7-8-9-10-11-16(3)19(22)21-18-14-17(20(23)24)13-12-15(18)2/h12-14,16H,4-11H2,1-3H3,(H,21,22)(H,23,24). The molecule has 134 valence electrons. The lowest BCUT2D eigenvalue weighted by atomic mass is 10.0. The molecule has 0 bridgehead atoms. The smallest absolute Gasteiger partial charge is 0.335 e. The van der Waals surface area contributed by atoms with Crippen molar-refractivity contribution >= 4 is 17.6 Å². The molecule has 0 saturated heterocycles. The Morgan fingerprint density at radius 2 is 1.71 bits per heavy atom. The van der Waals surface area contributed by atoms with Crippen LogP contribution in [0.15, 0.2) is 18.2 Å². The Labute approximate surface area is 145 Å². The third kappa shape index (κ3) is 7.16. The van der Waals surface area contributed by atoms with E-state index in [0.717, 1.165) is 18.4 Å². The van der Waals surface area contributed by atoms with Gasteiger partial charge in [0.15, 0.2) is 0 Å². The lowest BCUT2D eigenvalue weighted by Gasteiger charge is -2.14. The Kier molecular flexibility index (Phi) is 9.13. The number of aryl methyl sites for hydroxylation is 1. The van der Waals surface area contributed by atoms with Gasteiger partial charge in [-0.25, -0.2) is 4.79 Å². The van der Waals surface area contributed by atoms with Crippen LogP contribution in [0.1, 0.15) is 81.1 Å². The van der Waals surface area contributed by atoms with Crippen LogP contribution in [0.25, 0.3) is 0 Å². The lowest BCUT2D eigenvalue weighted by molar-refractivity contribution is -0.119. The number of nitrogens with one attached hydrogen (secondary N) is 1. The van der Waals surface area contributed by atoms with Gasteiger partial charge in [-0.1, -0.05) is 64.9 Å². The van der Waals surface area contributed by atoms with Gasteiger partial charge < -0.3 is 10.4 Å². The van der Waals surface area contributed by atoms with E-state index in [2.05, 4.69) is 12.2 Å². The minimum absolute atomic E-state index is 0.0355. The van der Waals surface area contributed by atoms with Crippen molar-refractivity contribution in [1.82, 2.24) is 0 Å². The van der Waals surface area contributed by atoms with E-state index in [1.54, 1.807) is 12.1 Å². The third-order valence-electron chi connectivity index (χ3n) is 4.43. The molecule has 2 N–H and O–H groups in total. The third-order valence-corrected chi connectivity index (χ3v) is 4.43. The maximum atomic E-state index is 12.3. The van der Waals surface area contributed by atoms with Crippen molar-refractivity contribution in [2.45, 2.75) is 72.1 Å². The number of hydrogen-bond acceptors (Lipinski definition) is 2. The van der Waals surface area contributed by atoms with Gasteiger partial charge in [-0.2, -0.15) is 0 Å². The fourth-order valence-electron chi connectivity index (χ4n) is 2.68. The molecule has 0 radical (unpaired) electrons. The van der Waals surface area contributed by atoms with Gasteiger partial charge in [0.05, 0.1) is 5.56 Å². The van der Waals surface area contributed by atoms with E-state index in [-0.39, 0.29) is 17.4 Å². The number of carboxylic acids is 1. The fraction of sp³-hybridized carbons (Fsp3) is 0.600. The quantitative estimate of drug-likeness (QED) is 0.532. The number of carboxylic acid groups (broad SMARTS) is 1. The van der Waals surface area contributed by atoms with Gasteiger partial charge in [0.25, 0.3) is 0 Å². The van der Waals surface area contributed by atoms with Crippen molar-refractivity contribution in [2.75, 3.05) is 5.32 Å². The van der Waals surface area contributed by atoms with E-state index in [1.807, 2.05) is 13.8 Å². The van der Waals surface area contributed by atoms with Gasteiger partial charge in [-0.05, 0) is 31.0 Å². The minimum Gasteiger partial charge on any atom is -0.478 e. The minimum atomic E-state index is -0.985. The molecule has 0 aliphatic carbocycles. The molecule has 0 aliphatic heterocycles. The van der Waals surface area contributed by atoms with Crippen molar-refractivity contribution in [3.8, 4) is 0 Å². The zero-order chi connectivity index (χ0) is 17.9. The van der Waals surface area contributed by atoms with E-state index in [0.29, 0.717) is 5.69 Å². The largest absolute Gasteiger partial charge is 0.478 e. The highest BCUT2D eigenvalue weighted by atomic mass is 16.4. The van der Waals surface area contributed by atoms with Crippen molar-refractivity contribution in [3.63, 3.8) is 0 Å². The van der Waals surface area contributed by atoms with E-state index in [1.165, 1.54) is 44.6 Å². The van der Waals surface area contributed by atoms with Crippen LogP contribution < -0.4 is 5.32 Å². The summed E-state index contributed by atoms with van der Waals surface area (Å²) in [5.74, 6) is -1.08. The second-order valence-corrected chi connectivity index (χ2v) is 6.64. The molecule has 1 unspecified atom stereocenters. The highest BCUT2D eigenvalue weighted by Gasteiger charge is 2.14. The van der Waals surface area contributed by atoms with Crippen LogP contribution in [-0.2, 0) is 4.79 Å². The molecule has 1 rings (SSSR count). The summed E-state index contributed by atoms with van der Waals surface area (Å²) in [4.78, 5) is 23.3. The number of carbonyl (C=O) groups is 2. The SMILES string of the molecule is CCCCCCCCCC(C)C(=O)Nc1cc(C(=O)O)ccc1C. The summed E-state index contributed by atoms with van der Waals surface area (Å²) in [5.41, 5.74) is 1.65. The van der Waals surface area contributed by atoms with Crippen LogP contribution in [0.4, 0.5) is 5.69 Å². The number of hydrogen-bond donors (Lipinski definition) is 2. The number of anilines is 1. The van der Waals surface area contributed by atoms with Crippen molar-refractivity contribution in [2.24, 2.45) is 5.92 Å². The number of rotatable bonds is 11. The maximum absolute atomic E-state index is 12.3. The molecule has 1 amide bonds. The van der Waals surface area contributed by atoms with Gasteiger partial charge in [0.1, 0.15) is 0 Å². The predicted octanol–water partition coefficient (Wildman–Crippen LogP) is 5.41. The predicted molar refractivity (Wildman–Crippen MR) is 98.5 cm³/mol. The zero-order valence-corrected chi connectivity index (χ0v) is 15.2. The topological polar surface area (TPSA) is 66.4 Å². The van der Waals surface area contributed by atoms with Crippen LogP contribution in [0.2, 0.25) is 0 Å². The highest BCUT2D eigenvalue weighted by Crippen LogP contribution is 2.19. The summed E-state index contributed by atoms with van der Waals surface area (Å²) in [5, 5.41) is 11.9. The monoisotopic (exact) mass is 333 g/mol. The Hall–Kier alpha value is -1.84. The van der Waals surface area contributed by atoms with E-state index in [4.69, 9.17) is 5.11 Å². The number of aromatic carboxylic acids is 1. The molecule has 1 atom stereocenters. The second-order valence-electron chi connectivity index (χ2n) is 6.64. The average Bonchev–Trinajstić information content (AvgIpc) is 2.55. The molecule has 0 aromatic heterocycles. The summed E-state index contributed by atoms with van der Waals surface area (Å²) < 4.78 is 0. The zero-order valence-electron chi connectivity index (χ0n) is 15.2. The Balaban J connectivity index is 2.39. The van der Waals surface area contributed by atoms with Gasteiger partial charge >= 0.3 is 5.97 Å². The molecule has 24 heavy (non-hydrogen) atoms. The van der Waals surface area contributed by atoms with Gasteiger partial charge in [0, 0.05) is 11.6 Å². The summed E-state index contributed by atoms with van der Waals surface area (Å²) >= 11 is 0. The number of benzene rings is 1. The van der Waals surface area contributed by atoms with Crippen LogP contribution in [0, 0.1) is 12.8 Å².